The fourth-order valence-corrected chi connectivity index (χ4v) is 2.41. The summed E-state index contributed by atoms with van der Waals surface area (Å²) < 4.78 is 63.8. The van der Waals surface area contributed by atoms with Gasteiger partial charge < -0.3 is 14.6 Å². The van der Waals surface area contributed by atoms with Crippen LogP contribution in [0.3, 0.4) is 0 Å². The van der Waals surface area contributed by atoms with Gasteiger partial charge in [-0.15, -0.1) is 0 Å². The maximum atomic E-state index is 13.0. The van der Waals surface area contributed by atoms with Crippen LogP contribution in [0, 0.1) is 11.8 Å². The topological polar surface area (TPSA) is 127 Å². The molecule has 2 fully saturated rings. The van der Waals surface area contributed by atoms with E-state index in [0.29, 0.717) is 0 Å². The second-order valence-electron chi connectivity index (χ2n) is 4.46. The van der Waals surface area contributed by atoms with Crippen molar-refractivity contribution in [1.82, 2.24) is 0 Å². The monoisotopic (exact) mass is 316 g/mol. The Morgan fingerprint density at radius 2 is 2.05 bits per heavy atom. The number of carbonyl (C=O) groups excluding carboxylic acids is 2. The van der Waals surface area contributed by atoms with Gasteiger partial charge in [0.2, 0.25) is 0 Å². The third kappa shape index (κ3) is 2.25. The van der Waals surface area contributed by atoms with Gasteiger partial charge in [0, 0.05) is 6.61 Å². The summed E-state index contributed by atoms with van der Waals surface area (Å²) in [6.07, 6.45) is -2.09. The van der Waals surface area contributed by atoms with Gasteiger partial charge in [-0.25, -0.2) is 4.79 Å². The van der Waals surface area contributed by atoms with E-state index in [0.717, 1.165) is 0 Å². The van der Waals surface area contributed by atoms with Gasteiger partial charge in [-0.1, -0.05) is 0 Å². The standard InChI is InChI=1S/C9H10F2O8S/c10-9(11,20(15,16)17)8(14)19-6-4-3(1-2-12)7(13)18-5(4)6/h3-6,12H,1-2H2,(H,15,16,17). The van der Waals surface area contributed by atoms with Crippen molar-refractivity contribution < 1.29 is 45.9 Å². The summed E-state index contributed by atoms with van der Waals surface area (Å²) in [7, 11) is -5.93. The fraction of sp³-hybridized carbons (Fsp3) is 0.778. The number of ether oxygens (including phenoxy) is 2. The molecule has 0 aromatic carbocycles. The average Bonchev–Trinajstić information content (AvgIpc) is 2.84. The minimum Gasteiger partial charge on any atom is -0.458 e. The largest absolute Gasteiger partial charge is 0.465 e. The van der Waals surface area contributed by atoms with Crippen LogP contribution in [0.2, 0.25) is 0 Å². The molecule has 1 heterocycles. The van der Waals surface area contributed by atoms with E-state index in [1.807, 2.05) is 0 Å². The molecule has 1 saturated heterocycles. The lowest BCUT2D eigenvalue weighted by molar-refractivity contribution is -0.168. The number of halogens is 2. The van der Waals surface area contributed by atoms with Crippen molar-refractivity contribution in [3.05, 3.63) is 0 Å². The highest BCUT2D eigenvalue weighted by atomic mass is 32.2. The maximum absolute atomic E-state index is 13.0. The van der Waals surface area contributed by atoms with Crippen LogP contribution in [0.4, 0.5) is 8.78 Å². The molecular weight excluding hydrogens is 306 g/mol. The molecule has 0 bridgehead atoms. The van der Waals surface area contributed by atoms with E-state index in [2.05, 4.69) is 4.74 Å². The number of rotatable bonds is 5. The number of alkyl halides is 2. The van der Waals surface area contributed by atoms with Crippen molar-refractivity contribution in [3.63, 3.8) is 0 Å². The Hall–Kier alpha value is -1.33. The summed E-state index contributed by atoms with van der Waals surface area (Å²) >= 11 is 0. The zero-order valence-electron chi connectivity index (χ0n) is 9.73. The van der Waals surface area contributed by atoms with Gasteiger partial charge in [-0.05, 0) is 6.42 Å². The van der Waals surface area contributed by atoms with Crippen LogP contribution in [0.25, 0.3) is 0 Å². The smallest absolute Gasteiger partial charge is 0.458 e. The normalized spacial score (nSPS) is 32.5. The number of hydrogen-bond acceptors (Lipinski definition) is 7. The highest BCUT2D eigenvalue weighted by Gasteiger charge is 2.69. The van der Waals surface area contributed by atoms with E-state index in [1.165, 1.54) is 0 Å². The van der Waals surface area contributed by atoms with E-state index in [-0.39, 0.29) is 13.0 Å². The van der Waals surface area contributed by atoms with Gasteiger partial charge in [0.25, 0.3) is 0 Å². The number of hydrogen-bond donors (Lipinski definition) is 2. The van der Waals surface area contributed by atoms with Gasteiger partial charge >= 0.3 is 27.3 Å². The van der Waals surface area contributed by atoms with E-state index in [4.69, 9.17) is 14.4 Å². The molecule has 2 N–H and O–H groups in total. The van der Waals surface area contributed by atoms with E-state index >= 15 is 0 Å². The Labute approximate surface area is 111 Å². The van der Waals surface area contributed by atoms with E-state index in [9.17, 15) is 26.8 Å². The summed E-state index contributed by atoms with van der Waals surface area (Å²) in [6.45, 7) is -0.342. The quantitative estimate of drug-likeness (QED) is 0.485. The first kappa shape index (κ1) is 15.1. The van der Waals surface area contributed by atoms with Crippen LogP contribution < -0.4 is 0 Å². The first-order chi connectivity index (χ1) is 9.11. The Bertz CT molecular complexity index is 544. The van der Waals surface area contributed by atoms with Crippen LogP contribution >= 0.6 is 0 Å². The maximum Gasteiger partial charge on any atom is 0.465 e. The number of aliphatic hydroxyl groups is 1. The number of aliphatic hydroxyl groups excluding tert-OH is 1. The van der Waals surface area contributed by atoms with Gasteiger partial charge in [0.15, 0.2) is 0 Å². The first-order valence-corrected chi connectivity index (χ1v) is 6.92. The van der Waals surface area contributed by atoms with Crippen LogP contribution in [0.1, 0.15) is 6.42 Å². The second-order valence-corrected chi connectivity index (χ2v) is 5.92. The lowest BCUT2D eigenvalue weighted by atomic mass is 10.0. The zero-order valence-corrected chi connectivity index (χ0v) is 10.5. The lowest BCUT2D eigenvalue weighted by Gasteiger charge is -2.14. The van der Waals surface area contributed by atoms with Gasteiger partial charge in [0.1, 0.15) is 12.2 Å². The lowest BCUT2D eigenvalue weighted by Crippen LogP contribution is -2.40. The van der Waals surface area contributed by atoms with Crippen molar-refractivity contribution in [2.45, 2.75) is 23.9 Å². The predicted molar refractivity (Wildman–Crippen MR) is 54.9 cm³/mol. The van der Waals surface area contributed by atoms with Crippen molar-refractivity contribution in [2.24, 2.45) is 11.8 Å². The van der Waals surface area contributed by atoms with E-state index in [1.54, 1.807) is 0 Å². The van der Waals surface area contributed by atoms with Crippen LogP contribution in [-0.2, 0) is 29.2 Å². The number of fused-ring (bicyclic) bond motifs is 1. The second kappa shape index (κ2) is 4.60. The SMILES string of the molecule is O=C1OC2C(OC(=O)C(F)(F)S(=O)(=O)O)C2C1CCO. The number of esters is 2. The molecule has 114 valence electrons. The molecule has 4 atom stereocenters. The first-order valence-electron chi connectivity index (χ1n) is 5.48. The molecule has 1 aliphatic heterocycles. The molecule has 0 spiro atoms. The molecule has 1 saturated carbocycles. The molecule has 20 heavy (non-hydrogen) atoms. The summed E-state index contributed by atoms with van der Waals surface area (Å²) in [5.41, 5.74) is 0. The highest BCUT2D eigenvalue weighted by Crippen LogP contribution is 2.51. The van der Waals surface area contributed by atoms with Crippen molar-refractivity contribution in [1.29, 1.82) is 0 Å². The minimum absolute atomic E-state index is 0.0166. The van der Waals surface area contributed by atoms with Crippen molar-refractivity contribution in [2.75, 3.05) is 6.61 Å². The molecule has 8 nitrogen and oxygen atoms in total. The summed E-state index contributed by atoms with van der Waals surface area (Å²) in [4.78, 5) is 22.3. The molecule has 11 heteroatoms. The third-order valence-electron chi connectivity index (χ3n) is 3.21. The molecule has 4 unspecified atom stereocenters. The molecule has 0 aromatic heterocycles. The molecule has 0 radical (unpaired) electrons. The Morgan fingerprint density at radius 3 is 2.55 bits per heavy atom. The third-order valence-corrected chi connectivity index (χ3v) is 4.02. The highest BCUT2D eigenvalue weighted by molar-refractivity contribution is 7.87. The fourth-order valence-electron chi connectivity index (χ4n) is 2.15. The van der Waals surface area contributed by atoms with Crippen molar-refractivity contribution in [3.8, 4) is 0 Å². The summed E-state index contributed by atoms with van der Waals surface area (Å²) in [5.74, 6) is -4.54. The molecular formula is C9H10F2O8S. The zero-order chi connectivity index (χ0) is 15.3. The van der Waals surface area contributed by atoms with Crippen LogP contribution in [0.5, 0.6) is 0 Å². The van der Waals surface area contributed by atoms with Gasteiger partial charge in [-0.2, -0.15) is 17.2 Å². The average molecular weight is 316 g/mol. The molecule has 2 aliphatic rings. The van der Waals surface area contributed by atoms with Crippen molar-refractivity contribution >= 4 is 22.1 Å². The van der Waals surface area contributed by atoms with Gasteiger partial charge in [-0.3, -0.25) is 9.35 Å². The molecule has 1 aliphatic carbocycles. The Kier molecular flexibility index (Phi) is 3.47. The molecule has 0 aromatic rings. The van der Waals surface area contributed by atoms with E-state index < -0.39 is 51.4 Å². The van der Waals surface area contributed by atoms with Gasteiger partial charge in [0.05, 0.1) is 11.8 Å². The summed E-state index contributed by atoms with van der Waals surface area (Å²) in [5, 5.41) is 3.65. The van der Waals surface area contributed by atoms with Crippen LogP contribution in [0.15, 0.2) is 0 Å². The van der Waals surface area contributed by atoms with Crippen LogP contribution in [-0.4, -0.2) is 54.1 Å². The predicted octanol–water partition coefficient (Wildman–Crippen LogP) is -1.07. The molecule has 2 rings (SSSR count). The summed E-state index contributed by atoms with van der Waals surface area (Å²) in [6, 6.07) is 0. The minimum atomic E-state index is -5.93. The Balaban J connectivity index is 2.01. The Morgan fingerprint density at radius 1 is 1.45 bits per heavy atom. The molecule has 0 amide bonds. The number of carbonyl (C=O) groups is 2.